The summed E-state index contributed by atoms with van der Waals surface area (Å²) in [6.45, 7) is 1.83. The van der Waals surface area contributed by atoms with E-state index < -0.39 is 19.9 Å². The molecule has 0 saturated heterocycles. The van der Waals surface area contributed by atoms with E-state index in [1.807, 2.05) is 6.92 Å². The number of nitrogens with zero attached hydrogens (tertiary/aromatic N) is 3. The molecule has 0 amide bonds. The third kappa shape index (κ3) is 2.90. The van der Waals surface area contributed by atoms with Gasteiger partial charge in [-0.2, -0.15) is 0 Å². The zero-order valence-electron chi connectivity index (χ0n) is 15.0. The second-order valence-electron chi connectivity index (χ2n) is 6.50. The molecule has 0 aliphatic carbocycles. The average Bonchev–Trinajstić information content (AvgIpc) is 3.01. The Morgan fingerprint density at radius 3 is 1.62 bits per heavy atom. The summed E-state index contributed by atoms with van der Waals surface area (Å²) in [6.07, 6.45) is 0. The van der Waals surface area contributed by atoms with Crippen molar-refractivity contribution >= 4 is 43.2 Å². The maximum atomic E-state index is 13.4. The molecule has 4 rings (SSSR count). The number of fused-ring (bicyclic) bond motifs is 3. The molecule has 146 valence electrons. The van der Waals surface area contributed by atoms with Gasteiger partial charge in [-0.15, -0.1) is 0 Å². The molecular weight excluding hydrogens is 398 g/mol. The maximum Gasteiger partial charge on any atom is 0.270 e. The van der Waals surface area contributed by atoms with E-state index in [-0.39, 0.29) is 38.1 Å². The van der Waals surface area contributed by atoms with Gasteiger partial charge in [0.1, 0.15) is 0 Å². The Kier molecular flexibility index (Phi) is 4.09. The number of rotatable bonds is 4. The third-order valence-electron chi connectivity index (χ3n) is 4.67. The van der Waals surface area contributed by atoms with Gasteiger partial charge in [0.15, 0.2) is 0 Å². The van der Waals surface area contributed by atoms with Crippen LogP contribution in [0.25, 0.3) is 21.8 Å². The van der Waals surface area contributed by atoms with Gasteiger partial charge in [-0.3, -0.25) is 20.2 Å². The molecule has 0 radical (unpaired) electrons. The van der Waals surface area contributed by atoms with Crippen LogP contribution in [-0.4, -0.2) is 22.2 Å². The largest absolute Gasteiger partial charge is 0.270 e. The molecule has 0 atom stereocenters. The number of hydrogen-bond acceptors (Lipinski definition) is 6. The molecule has 29 heavy (non-hydrogen) atoms. The summed E-state index contributed by atoms with van der Waals surface area (Å²) in [5, 5.41) is 22.9. The zero-order chi connectivity index (χ0) is 20.9. The van der Waals surface area contributed by atoms with E-state index in [4.69, 9.17) is 0 Å². The highest BCUT2D eigenvalue weighted by atomic mass is 32.2. The number of non-ortho nitro benzene ring substituents is 2. The molecule has 0 aliphatic rings. The summed E-state index contributed by atoms with van der Waals surface area (Å²) in [6, 6.07) is 13.8. The molecule has 10 heteroatoms. The van der Waals surface area contributed by atoms with Crippen LogP contribution >= 0.6 is 0 Å². The monoisotopic (exact) mass is 411 g/mol. The van der Waals surface area contributed by atoms with Crippen molar-refractivity contribution < 1.29 is 18.3 Å². The first kappa shape index (κ1) is 18.6. The van der Waals surface area contributed by atoms with Crippen LogP contribution in [0.2, 0.25) is 0 Å². The van der Waals surface area contributed by atoms with Crippen LogP contribution in [0.1, 0.15) is 5.56 Å². The number of aryl methyl sites for hydroxylation is 1. The smallest absolute Gasteiger partial charge is 0.258 e. The van der Waals surface area contributed by atoms with Crippen LogP contribution < -0.4 is 0 Å². The number of benzene rings is 3. The summed E-state index contributed by atoms with van der Waals surface area (Å²) in [5.41, 5.74) is 0.808. The van der Waals surface area contributed by atoms with Crippen molar-refractivity contribution in [3.05, 3.63) is 86.5 Å². The lowest BCUT2D eigenvalue weighted by atomic mass is 10.1. The number of nitro groups is 2. The first-order chi connectivity index (χ1) is 13.7. The first-order valence-corrected chi connectivity index (χ1v) is 9.83. The van der Waals surface area contributed by atoms with Crippen LogP contribution in [0, 0.1) is 27.2 Å². The molecular formula is C19H13N3O6S. The standard InChI is InChI=1S/C19H13N3O6S/c1-12-2-6-15(7-3-12)29(27,28)20-18-8-4-13(21(23)24)10-16(18)17-11-14(22(25)26)5-9-19(17)20/h2-11H,1H3. The van der Waals surface area contributed by atoms with Crippen molar-refractivity contribution in [2.75, 3.05) is 0 Å². The van der Waals surface area contributed by atoms with E-state index in [0.29, 0.717) is 0 Å². The van der Waals surface area contributed by atoms with Crippen molar-refractivity contribution in [1.82, 2.24) is 3.97 Å². The van der Waals surface area contributed by atoms with E-state index in [2.05, 4.69) is 0 Å². The van der Waals surface area contributed by atoms with Gasteiger partial charge >= 0.3 is 0 Å². The molecule has 4 aromatic rings. The molecule has 0 bridgehead atoms. The zero-order valence-corrected chi connectivity index (χ0v) is 15.8. The van der Waals surface area contributed by atoms with Crippen molar-refractivity contribution in [2.24, 2.45) is 0 Å². The number of aromatic nitrogens is 1. The van der Waals surface area contributed by atoms with E-state index >= 15 is 0 Å². The average molecular weight is 411 g/mol. The topological polar surface area (TPSA) is 125 Å². The summed E-state index contributed by atoms with van der Waals surface area (Å²) in [4.78, 5) is 21.2. The minimum atomic E-state index is -4.05. The molecule has 0 spiro atoms. The van der Waals surface area contributed by atoms with E-state index in [1.54, 1.807) is 12.1 Å². The van der Waals surface area contributed by atoms with E-state index in [0.717, 1.165) is 9.54 Å². The van der Waals surface area contributed by atoms with Gasteiger partial charge in [0.05, 0.1) is 25.8 Å². The Labute approximate surface area is 164 Å². The molecule has 0 N–H and O–H groups in total. The van der Waals surface area contributed by atoms with E-state index in [1.165, 1.54) is 48.5 Å². The van der Waals surface area contributed by atoms with Crippen molar-refractivity contribution in [3.63, 3.8) is 0 Å². The van der Waals surface area contributed by atoms with Crippen molar-refractivity contribution in [1.29, 1.82) is 0 Å². The second-order valence-corrected chi connectivity index (χ2v) is 8.29. The van der Waals surface area contributed by atoms with Crippen molar-refractivity contribution in [2.45, 2.75) is 11.8 Å². The summed E-state index contributed by atoms with van der Waals surface area (Å²) in [7, 11) is -4.05. The second kappa shape index (κ2) is 6.38. The Morgan fingerprint density at radius 2 is 1.21 bits per heavy atom. The lowest BCUT2D eigenvalue weighted by Crippen LogP contribution is -2.12. The highest BCUT2D eigenvalue weighted by Crippen LogP contribution is 2.36. The molecule has 9 nitrogen and oxygen atoms in total. The maximum absolute atomic E-state index is 13.4. The lowest BCUT2D eigenvalue weighted by Gasteiger charge is -2.09. The first-order valence-electron chi connectivity index (χ1n) is 8.39. The van der Waals surface area contributed by atoms with Crippen molar-refractivity contribution in [3.8, 4) is 0 Å². The molecule has 0 saturated carbocycles. The Hall–Kier alpha value is -3.79. The normalized spacial score (nSPS) is 11.8. The highest BCUT2D eigenvalue weighted by molar-refractivity contribution is 7.90. The fourth-order valence-electron chi connectivity index (χ4n) is 3.27. The molecule has 1 heterocycles. The fourth-order valence-corrected chi connectivity index (χ4v) is 4.79. The summed E-state index contributed by atoms with van der Waals surface area (Å²) >= 11 is 0. The molecule has 0 fully saturated rings. The van der Waals surface area contributed by atoms with Crippen LogP contribution in [0.15, 0.2) is 65.6 Å². The minimum absolute atomic E-state index is 0.0404. The van der Waals surface area contributed by atoms with Gasteiger partial charge in [-0.25, -0.2) is 12.4 Å². The quantitative estimate of drug-likeness (QED) is 0.367. The van der Waals surface area contributed by atoms with E-state index in [9.17, 15) is 28.6 Å². The SMILES string of the molecule is Cc1ccc(S(=O)(=O)n2c3ccc([N+](=O)[O-])cc3c3cc([N+](=O)[O-])ccc32)cc1. The van der Waals surface area contributed by atoms with Crippen LogP contribution in [0.5, 0.6) is 0 Å². The van der Waals surface area contributed by atoms with Gasteiger partial charge < -0.3 is 0 Å². The Bertz CT molecular complexity index is 1350. The Balaban J connectivity index is 2.13. The molecule has 3 aromatic carbocycles. The van der Waals surface area contributed by atoms with Crippen LogP contribution in [0.3, 0.4) is 0 Å². The molecule has 0 unspecified atom stereocenters. The number of nitro benzene ring substituents is 2. The minimum Gasteiger partial charge on any atom is -0.258 e. The van der Waals surface area contributed by atoms with Gasteiger partial charge in [-0.05, 0) is 31.2 Å². The number of hydrogen-bond donors (Lipinski definition) is 0. The van der Waals surface area contributed by atoms with Crippen LogP contribution in [0.4, 0.5) is 11.4 Å². The highest BCUT2D eigenvalue weighted by Gasteiger charge is 2.25. The third-order valence-corrected chi connectivity index (χ3v) is 6.41. The van der Waals surface area contributed by atoms with Crippen LogP contribution in [-0.2, 0) is 10.0 Å². The van der Waals surface area contributed by atoms with Gasteiger partial charge in [-0.1, -0.05) is 17.7 Å². The molecule has 1 aromatic heterocycles. The fraction of sp³-hybridized carbons (Fsp3) is 0.0526. The van der Waals surface area contributed by atoms with Gasteiger partial charge in [0.2, 0.25) is 0 Å². The lowest BCUT2D eigenvalue weighted by molar-refractivity contribution is -0.385. The summed E-state index contributed by atoms with van der Waals surface area (Å²) < 4.78 is 27.8. The Morgan fingerprint density at radius 1 is 0.759 bits per heavy atom. The molecule has 0 aliphatic heterocycles. The van der Waals surface area contributed by atoms with Gasteiger partial charge in [0, 0.05) is 35.0 Å². The van der Waals surface area contributed by atoms with Gasteiger partial charge in [0.25, 0.3) is 21.4 Å². The predicted octanol–water partition coefficient (Wildman–Crippen LogP) is 4.16. The summed E-state index contributed by atoms with van der Waals surface area (Å²) in [5.74, 6) is 0. The predicted molar refractivity (Wildman–Crippen MR) is 107 cm³/mol.